The molecule has 1 heterocycles. The van der Waals surface area contributed by atoms with Crippen molar-refractivity contribution >= 4 is 18.2 Å². The highest BCUT2D eigenvalue weighted by molar-refractivity contribution is 6.50. The molecule has 0 radical (unpaired) electrons. The van der Waals surface area contributed by atoms with E-state index in [1.54, 1.807) is 16.9 Å². The van der Waals surface area contributed by atoms with Gasteiger partial charge in [0.2, 0.25) is 6.20 Å². The normalized spacial score (nSPS) is 11.1. The van der Waals surface area contributed by atoms with Crippen molar-refractivity contribution in [3.05, 3.63) is 24.4 Å². The molecule has 0 unspecified atom stereocenters. The predicted octanol–water partition coefficient (Wildman–Crippen LogP) is 2.75. The highest BCUT2D eigenvalue weighted by Gasteiger charge is 2.20. The van der Waals surface area contributed by atoms with E-state index < -0.39 is 7.25 Å². The fourth-order valence-corrected chi connectivity index (χ4v) is 1.20. The number of aromatic nitrogens is 1. The zero-order chi connectivity index (χ0) is 13.1. The summed E-state index contributed by atoms with van der Waals surface area (Å²) in [5.41, 5.74) is 0.555. The van der Waals surface area contributed by atoms with Gasteiger partial charge in [-0.25, -0.2) is 4.52 Å². The van der Waals surface area contributed by atoms with E-state index >= 15 is 0 Å². The number of aryl methyl sites for hydroxylation is 1. The third-order valence-electron chi connectivity index (χ3n) is 1.83. The van der Waals surface area contributed by atoms with Gasteiger partial charge in [-0.15, -0.1) is 0 Å². The molecule has 3 nitrogen and oxygen atoms in total. The summed E-state index contributed by atoms with van der Waals surface area (Å²) in [6.07, 6.45) is 1.87. The van der Waals surface area contributed by atoms with Crippen LogP contribution in [0.5, 0.6) is 5.75 Å². The number of hydrogen-bond acceptors (Lipinski definition) is 2. The first-order valence-corrected chi connectivity index (χ1v) is 4.80. The van der Waals surface area contributed by atoms with Crippen LogP contribution in [0.25, 0.3) is 11.0 Å². The molecule has 17 heavy (non-hydrogen) atoms. The van der Waals surface area contributed by atoms with Gasteiger partial charge in [0.15, 0.2) is 12.3 Å². The second-order valence-corrected chi connectivity index (χ2v) is 3.14. The van der Waals surface area contributed by atoms with Crippen LogP contribution in [0.3, 0.4) is 0 Å². The average Bonchev–Trinajstić information content (AvgIpc) is 2.59. The maximum Gasteiger partial charge on any atom is 0.673 e. The third-order valence-corrected chi connectivity index (χ3v) is 1.83. The molecule has 0 aliphatic carbocycles. The van der Waals surface area contributed by atoms with E-state index in [2.05, 4.69) is 0 Å². The quantitative estimate of drug-likeness (QED) is 0.480. The van der Waals surface area contributed by atoms with Crippen molar-refractivity contribution in [3.63, 3.8) is 0 Å². The number of halogens is 4. The molecular formula is C9H10BF4NO2. The molecule has 0 saturated heterocycles. The van der Waals surface area contributed by atoms with Gasteiger partial charge in [-0.2, -0.15) is 0 Å². The van der Waals surface area contributed by atoms with E-state index in [0.29, 0.717) is 5.58 Å². The summed E-state index contributed by atoms with van der Waals surface area (Å²) in [6, 6.07) is 5.32. The zero-order valence-electron chi connectivity index (χ0n) is 8.91. The SMILES string of the molecule is CC[n+]1cc2cccc(O)c2o1.F[B-](F)(F)F. The first-order chi connectivity index (χ1) is 7.81. The standard InChI is InChI=1S/C9H9NO2.BF4/c1-2-10-6-7-4-3-5-8(11)9(7)12-10;2-1(3,4)5/h3-6H,2H2,1H3;/q;-1/p+1. The number of rotatable bonds is 1. The van der Waals surface area contributed by atoms with Gasteiger partial charge in [-0.05, 0) is 23.8 Å². The largest absolute Gasteiger partial charge is 0.673 e. The first kappa shape index (κ1) is 13.3. The minimum atomic E-state index is -6.00. The van der Waals surface area contributed by atoms with E-state index in [-0.39, 0.29) is 5.75 Å². The maximum absolute atomic E-state index is 9.75. The van der Waals surface area contributed by atoms with Crippen LogP contribution >= 0.6 is 0 Å². The molecule has 1 N–H and O–H groups in total. The monoisotopic (exact) mass is 251 g/mol. The van der Waals surface area contributed by atoms with Crippen molar-refractivity contribution in [2.45, 2.75) is 13.5 Å². The number of para-hydroxylation sites is 1. The van der Waals surface area contributed by atoms with Crippen molar-refractivity contribution in [1.82, 2.24) is 0 Å². The van der Waals surface area contributed by atoms with E-state index in [1.165, 1.54) is 0 Å². The van der Waals surface area contributed by atoms with E-state index in [9.17, 15) is 22.4 Å². The number of nitrogens with zero attached hydrogens (tertiary/aromatic N) is 1. The van der Waals surface area contributed by atoms with Gasteiger partial charge < -0.3 is 22.4 Å². The van der Waals surface area contributed by atoms with Crippen LogP contribution in [-0.2, 0) is 6.54 Å². The maximum atomic E-state index is 9.75. The molecule has 0 aliphatic rings. The van der Waals surface area contributed by atoms with Crippen LogP contribution in [0.1, 0.15) is 6.92 Å². The lowest BCUT2D eigenvalue weighted by atomic mass is 10.2. The molecule has 0 spiro atoms. The smallest absolute Gasteiger partial charge is 0.504 e. The zero-order valence-corrected chi connectivity index (χ0v) is 8.91. The van der Waals surface area contributed by atoms with Gasteiger partial charge in [-0.3, -0.25) is 0 Å². The Morgan fingerprint density at radius 2 is 1.88 bits per heavy atom. The predicted molar refractivity (Wildman–Crippen MR) is 53.9 cm³/mol. The fourth-order valence-electron chi connectivity index (χ4n) is 1.20. The Morgan fingerprint density at radius 1 is 1.29 bits per heavy atom. The molecule has 2 rings (SSSR count). The fraction of sp³-hybridized carbons (Fsp3) is 0.222. The second-order valence-electron chi connectivity index (χ2n) is 3.14. The van der Waals surface area contributed by atoms with Crippen molar-refractivity contribution in [2.75, 3.05) is 0 Å². The lowest BCUT2D eigenvalue weighted by molar-refractivity contribution is -0.857. The molecule has 0 aliphatic heterocycles. The average molecular weight is 251 g/mol. The highest BCUT2D eigenvalue weighted by Crippen LogP contribution is 2.22. The lowest BCUT2D eigenvalue weighted by Crippen LogP contribution is -2.27. The van der Waals surface area contributed by atoms with Crippen molar-refractivity contribution < 1.29 is 31.6 Å². The van der Waals surface area contributed by atoms with E-state index in [4.69, 9.17) is 4.52 Å². The van der Waals surface area contributed by atoms with Crippen LogP contribution in [0.4, 0.5) is 17.3 Å². The summed E-state index contributed by atoms with van der Waals surface area (Å²) < 4.78 is 46.0. The van der Waals surface area contributed by atoms with Crippen LogP contribution in [0, 0.1) is 0 Å². The van der Waals surface area contributed by atoms with Crippen molar-refractivity contribution in [2.24, 2.45) is 0 Å². The Kier molecular flexibility index (Phi) is 3.98. The Bertz CT molecular complexity index is 491. The first-order valence-electron chi connectivity index (χ1n) is 4.80. The molecular weight excluding hydrogens is 241 g/mol. The number of benzene rings is 1. The van der Waals surface area contributed by atoms with Gasteiger partial charge >= 0.3 is 7.25 Å². The third kappa shape index (κ3) is 4.33. The van der Waals surface area contributed by atoms with Crippen LogP contribution in [0.15, 0.2) is 28.9 Å². The van der Waals surface area contributed by atoms with Crippen LogP contribution in [-0.4, -0.2) is 12.4 Å². The molecule has 1 aromatic carbocycles. The molecule has 1 aromatic heterocycles. The summed E-state index contributed by atoms with van der Waals surface area (Å²) in [4.78, 5) is 0. The van der Waals surface area contributed by atoms with E-state index in [0.717, 1.165) is 11.9 Å². The minimum Gasteiger partial charge on any atom is -0.504 e. The molecule has 0 fully saturated rings. The molecule has 8 heteroatoms. The van der Waals surface area contributed by atoms with Gasteiger partial charge in [-0.1, -0.05) is 6.07 Å². The van der Waals surface area contributed by atoms with Crippen LogP contribution < -0.4 is 4.74 Å². The summed E-state index contributed by atoms with van der Waals surface area (Å²) in [6.45, 7) is 2.76. The topological polar surface area (TPSA) is 37.2 Å². The van der Waals surface area contributed by atoms with Gasteiger partial charge in [0.25, 0.3) is 5.58 Å². The summed E-state index contributed by atoms with van der Waals surface area (Å²) >= 11 is 0. The van der Waals surface area contributed by atoms with E-state index in [1.807, 2.05) is 19.2 Å². The Morgan fingerprint density at radius 3 is 2.35 bits per heavy atom. The molecule has 0 atom stereocenters. The Hall–Kier alpha value is -1.73. The van der Waals surface area contributed by atoms with Crippen LogP contribution in [0.2, 0.25) is 0 Å². The summed E-state index contributed by atoms with van der Waals surface area (Å²) in [7, 11) is -6.00. The second kappa shape index (κ2) is 5.07. The molecule has 2 aromatic rings. The summed E-state index contributed by atoms with van der Waals surface area (Å²) in [5.74, 6) is 0.194. The molecule has 0 bridgehead atoms. The van der Waals surface area contributed by atoms with Gasteiger partial charge in [0, 0.05) is 0 Å². The van der Waals surface area contributed by atoms with Gasteiger partial charge in [0.1, 0.15) is 0 Å². The number of fused-ring (bicyclic) bond motifs is 1. The molecule has 0 amide bonds. The Balaban J connectivity index is 0.000000249. The Labute approximate surface area is 94.3 Å². The summed E-state index contributed by atoms with van der Waals surface area (Å²) in [5, 5.41) is 10.3. The van der Waals surface area contributed by atoms with Crippen molar-refractivity contribution in [1.29, 1.82) is 0 Å². The molecule has 0 saturated carbocycles. The highest BCUT2D eigenvalue weighted by atomic mass is 19.5. The number of aromatic hydroxyl groups is 1. The van der Waals surface area contributed by atoms with Crippen molar-refractivity contribution in [3.8, 4) is 5.75 Å². The minimum absolute atomic E-state index is 0.194. The van der Waals surface area contributed by atoms with Gasteiger partial charge in [0.05, 0.1) is 5.39 Å². The number of phenolic OH excluding ortho intramolecular Hbond substituents is 1. The number of phenols is 1. The molecule has 94 valence electrons. The lowest BCUT2D eigenvalue weighted by Gasteiger charge is -1.94. The number of hydrogen-bond donors (Lipinski definition) is 1.